The topological polar surface area (TPSA) is 122 Å². The molecule has 1 aromatic heterocycles. The van der Waals surface area contributed by atoms with E-state index in [0.29, 0.717) is 11.4 Å². The summed E-state index contributed by atoms with van der Waals surface area (Å²) >= 11 is 1.30. The molecule has 0 spiro atoms. The van der Waals surface area contributed by atoms with Gasteiger partial charge in [-0.2, -0.15) is 4.31 Å². The minimum Gasteiger partial charge on any atom is -0.453 e. The van der Waals surface area contributed by atoms with Gasteiger partial charge in [0.15, 0.2) is 0 Å². The first-order valence-corrected chi connectivity index (χ1v) is 12.2. The zero-order valence-electron chi connectivity index (χ0n) is 18.2. The molecule has 9 nitrogen and oxygen atoms in total. The number of imide groups is 1. The van der Waals surface area contributed by atoms with Crippen LogP contribution in [0.25, 0.3) is 0 Å². The average molecular weight is 480 g/mol. The molecule has 172 valence electrons. The molecular weight excluding hydrogens is 454 g/mol. The number of rotatable bonds is 6. The first kappa shape index (κ1) is 23.9. The maximum Gasteiger partial charge on any atom is 0.413 e. The van der Waals surface area contributed by atoms with Crippen molar-refractivity contribution in [2.24, 2.45) is 0 Å². The highest BCUT2D eigenvalue weighted by molar-refractivity contribution is 7.89. The lowest BCUT2D eigenvalue weighted by Gasteiger charge is -2.21. The van der Waals surface area contributed by atoms with E-state index < -0.39 is 27.9 Å². The van der Waals surface area contributed by atoms with Crippen molar-refractivity contribution in [3.05, 3.63) is 45.8 Å². The number of hydrogen-bond donors (Lipinski definition) is 2. The van der Waals surface area contributed by atoms with Crippen molar-refractivity contribution in [2.75, 3.05) is 19.5 Å². The average Bonchev–Trinajstić information content (AvgIpc) is 3.33. The molecule has 2 N–H and O–H groups in total. The van der Waals surface area contributed by atoms with Crippen LogP contribution < -0.4 is 10.6 Å². The molecule has 0 fully saturated rings. The van der Waals surface area contributed by atoms with Crippen LogP contribution in [0.4, 0.5) is 9.80 Å². The maximum atomic E-state index is 12.8. The van der Waals surface area contributed by atoms with Crippen LogP contribution in [0.2, 0.25) is 0 Å². The van der Waals surface area contributed by atoms with Gasteiger partial charge in [0.05, 0.1) is 17.6 Å². The van der Waals surface area contributed by atoms with E-state index in [2.05, 4.69) is 15.4 Å². The molecule has 3 rings (SSSR count). The minimum atomic E-state index is -3.66. The molecule has 0 aliphatic heterocycles. The molecule has 0 unspecified atom stereocenters. The molecule has 0 bridgehead atoms. The summed E-state index contributed by atoms with van der Waals surface area (Å²) in [5.41, 5.74) is 1.33. The largest absolute Gasteiger partial charge is 0.453 e. The molecular formula is C21H25N3O6S2. The van der Waals surface area contributed by atoms with E-state index in [1.54, 1.807) is 13.8 Å². The van der Waals surface area contributed by atoms with Crippen molar-refractivity contribution >= 4 is 44.3 Å². The van der Waals surface area contributed by atoms with Crippen LogP contribution >= 0.6 is 11.3 Å². The van der Waals surface area contributed by atoms with Crippen molar-refractivity contribution in [3.63, 3.8) is 0 Å². The van der Waals surface area contributed by atoms with Crippen LogP contribution in [0, 0.1) is 0 Å². The number of nitrogens with zero attached hydrogens (tertiary/aromatic N) is 1. The Hall–Kier alpha value is -2.76. The van der Waals surface area contributed by atoms with Crippen molar-refractivity contribution in [3.8, 4) is 0 Å². The normalized spacial score (nSPS) is 13.2. The molecule has 11 heteroatoms. The molecule has 0 radical (unpaired) electrons. The molecule has 1 aliphatic rings. The van der Waals surface area contributed by atoms with Gasteiger partial charge in [0, 0.05) is 23.5 Å². The summed E-state index contributed by atoms with van der Waals surface area (Å²) in [4.78, 5) is 38.0. The van der Waals surface area contributed by atoms with Crippen LogP contribution in [-0.2, 0) is 27.6 Å². The van der Waals surface area contributed by atoms with Crippen molar-refractivity contribution < 1.29 is 27.5 Å². The lowest BCUT2D eigenvalue weighted by atomic mass is 10.1. The summed E-state index contributed by atoms with van der Waals surface area (Å²) in [6.07, 6.45) is 1.49. The molecule has 2 aromatic rings. The predicted molar refractivity (Wildman–Crippen MR) is 121 cm³/mol. The Labute approximate surface area is 190 Å². The second-order valence-corrected chi connectivity index (χ2v) is 10.7. The number of alkyl carbamates (subject to hydrolysis) is 1. The number of nitrogens with one attached hydrogen (secondary N) is 2. The number of hydrogen-bond acceptors (Lipinski definition) is 7. The Bertz CT molecular complexity index is 1150. The van der Waals surface area contributed by atoms with Gasteiger partial charge < -0.3 is 10.1 Å². The number of carbonyl (C=O) groups excluding carboxylic acids is 3. The first-order chi connectivity index (χ1) is 15.1. The fourth-order valence-electron chi connectivity index (χ4n) is 3.34. The van der Waals surface area contributed by atoms with Gasteiger partial charge in [-0.25, -0.2) is 13.2 Å². The van der Waals surface area contributed by atoms with Gasteiger partial charge >= 0.3 is 6.09 Å². The fourth-order valence-corrected chi connectivity index (χ4v) is 5.99. The quantitative estimate of drug-likeness (QED) is 0.657. The molecule has 0 atom stereocenters. The fraction of sp³-hybridized carbons (Fsp3) is 0.381. The van der Waals surface area contributed by atoms with Crippen LogP contribution in [0.1, 0.15) is 51.4 Å². The summed E-state index contributed by atoms with van der Waals surface area (Å²) in [5, 5.41) is 5.22. The lowest BCUT2D eigenvalue weighted by Crippen LogP contribution is -2.33. The van der Waals surface area contributed by atoms with Crippen LogP contribution in [-0.4, -0.2) is 50.8 Å². The minimum absolute atomic E-state index is 0.0819. The number of benzene rings is 1. The van der Waals surface area contributed by atoms with Gasteiger partial charge in [0.2, 0.25) is 10.0 Å². The number of ether oxygens (including phenoxy) is 1. The zero-order valence-corrected chi connectivity index (χ0v) is 19.9. The summed E-state index contributed by atoms with van der Waals surface area (Å²) in [7, 11) is -1.01. The van der Waals surface area contributed by atoms with Crippen molar-refractivity contribution in [1.82, 2.24) is 9.62 Å². The van der Waals surface area contributed by atoms with Gasteiger partial charge in [-0.15, -0.1) is 11.3 Å². The van der Waals surface area contributed by atoms with Gasteiger partial charge in [0.1, 0.15) is 5.00 Å². The van der Waals surface area contributed by atoms with Crippen LogP contribution in [0.5, 0.6) is 0 Å². The van der Waals surface area contributed by atoms with Crippen molar-refractivity contribution in [1.29, 1.82) is 0 Å². The second kappa shape index (κ2) is 9.39. The van der Waals surface area contributed by atoms with E-state index in [1.807, 2.05) is 0 Å². The summed E-state index contributed by atoms with van der Waals surface area (Å²) < 4.78 is 30.9. The number of aryl methyl sites for hydroxylation is 1. The summed E-state index contributed by atoms with van der Waals surface area (Å²) in [5.74, 6) is -1.12. The first-order valence-electron chi connectivity index (χ1n) is 9.99. The van der Waals surface area contributed by atoms with Gasteiger partial charge in [0.25, 0.3) is 11.8 Å². The standard InChI is InChI=1S/C21H25N3O6S2/c1-12(2)24(3)32(28,29)14-10-8-13(9-11-14)18(25)22-20-17(19(26)23-21(27)30-4)15-6-5-7-16(15)31-20/h8-12H,5-7H2,1-4H3,(H,22,25)(H,23,26,27). The number of anilines is 1. The Balaban J connectivity index is 1.84. The zero-order chi connectivity index (χ0) is 23.6. The van der Waals surface area contributed by atoms with E-state index in [-0.39, 0.29) is 22.1 Å². The van der Waals surface area contributed by atoms with E-state index in [0.717, 1.165) is 30.4 Å². The molecule has 1 aromatic carbocycles. The van der Waals surface area contributed by atoms with E-state index >= 15 is 0 Å². The molecule has 1 aliphatic carbocycles. The van der Waals surface area contributed by atoms with Gasteiger partial charge in [-0.1, -0.05) is 0 Å². The number of methoxy groups -OCH3 is 1. The highest BCUT2D eigenvalue weighted by Gasteiger charge is 2.29. The number of sulfonamides is 1. The third-order valence-corrected chi connectivity index (χ3v) is 8.55. The second-order valence-electron chi connectivity index (χ2n) is 7.60. The number of thiophene rings is 1. The highest BCUT2D eigenvalue weighted by Crippen LogP contribution is 2.39. The summed E-state index contributed by atoms with van der Waals surface area (Å²) in [6, 6.07) is 5.39. The number of carbonyl (C=O) groups is 3. The predicted octanol–water partition coefficient (Wildman–Crippen LogP) is 3.01. The van der Waals surface area contributed by atoms with E-state index in [9.17, 15) is 22.8 Å². The van der Waals surface area contributed by atoms with Crippen LogP contribution in [0.15, 0.2) is 29.2 Å². The van der Waals surface area contributed by atoms with E-state index in [4.69, 9.17) is 0 Å². The molecule has 1 heterocycles. The number of fused-ring (bicyclic) bond motifs is 1. The molecule has 0 saturated heterocycles. The van der Waals surface area contributed by atoms with E-state index in [1.165, 1.54) is 47.0 Å². The third kappa shape index (κ3) is 4.69. The molecule has 32 heavy (non-hydrogen) atoms. The smallest absolute Gasteiger partial charge is 0.413 e. The van der Waals surface area contributed by atoms with Crippen LogP contribution in [0.3, 0.4) is 0 Å². The Morgan fingerprint density at radius 2 is 1.75 bits per heavy atom. The SMILES string of the molecule is COC(=O)NC(=O)c1c(NC(=O)c2ccc(S(=O)(=O)N(C)C(C)C)cc2)sc2c1CCC2. The number of amides is 3. The van der Waals surface area contributed by atoms with Crippen molar-refractivity contribution in [2.45, 2.75) is 44.0 Å². The maximum absolute atomic E-state index is 12.8. The summed E-state index contributed by atoms with van der Waals surface area (Å²) in [6.45, 7) is 3.54. The lowest BCUT2D eigenvalue weighted by molar-refractivity contribution is 0.0937. The third-order valence-electron chi connectivity index (χ3n) is 5.30. The van der Waals surface area contributed by atoms with Gasteiger partial charge in [-0.05, 0) is 62.9 Å². The molecule has 0 saturated carbocycles. The molecule has 3 amide bonds. The monoisotopic (exact) mass is 479 g/mol. The Morgan fingerprint density at radius 1 is 1.09 bits per heavy atom. The highest BCUT2D eigenvalue weighted by atomic mass is 32.2. The Kier molecular flexibility index (Phi) is 7.01. The Morgan fingerprint density at radius 3 is 2.34 bits per heavy atom. The van der Waals surface area contributed by atoms with Gasteiger partial charge in [-0.3, -0.25) is 14.9 Å².